The van der Waals surface area contributed by atoms with E-state index in [-0.39, 0.29) is 16.8 Å². The zero-order valence-corrected chi connectivity index (χ0v) is 14.3. The van der Waals surface area contributed by atoms with Gasteiger partial charge in [0.1, 0.15) is 0 Å². The van der Waals surface area contributed by atoms with E-state index in [9.17, 15) is 9.59 Å². The molecule has 120 valence electrons. The van der Waals surface area contributed by atoms with Crippen molar-refractivity contribution in [1.29, 1.82) is 0 Å². The van der Waals surface area contributed by atoms with Crippen LogP contribution >= 0.6 is 15.9 Å². The van der Waals surface area contributed by atoms with Crippen molar-refractivity contribution < 1.29 is 19.1 Å². The first-order chi connectivity index (χ1) is 10.5. The number of amides is 1. The van der Waals surface area contributed by atoms with E-state index < -0.39 is 5.97 Å². The number of anilines is 1. The van der Waals surface area contributed by atoms with E-state index in [4.69, 9.17) is 9.47 Å². The number of esters is 1. The third-order valence-electron chi connectivity index (χ3n) is 3.68. The highest BCUT2D eigenvalue weighted by Crippen LogP contribution is 2.26. The monoisotopic (exact) mass is 369 g/mol. The van der Waals surface area contributed by atoms with Gasteiger partial charge in [-0.1, -0.05) is 22.0 Å². The average Bonchev–Trinajstić information content (AvgIpc) is 2.55. The van der Waals surface area contributed by atoms with Crippen molar-refractivity contribution in [3.05, 3.63) is 29.8 Å². The Hall–Kier alpha value is -1.40. The Morgan fingerprint density at radius 3 is 2.64 bits per heavy atom. The predicted molar refractivity (Wildman–Crippen MR) is 87.5 cm³/mol. The fraction of sp³-hybridized carbons (Fsp3) is 0.500. The van der Waals surface area contributed by atoms with Crippen LogP contribution in [-0.2, 0) is 14.3 Å². The molecule has 0 aliphatic carbocycles. The van der Waals surface area contributed by atoms with E-state index in [1.165, 1.54) is 7.11 Å². The highest BCUT2D eigenvalue weighted by Gasteiger charge is 2.29. The lowest BCUT2D eigenvalue weighted by Crippen LogP contribution is -2.46. The molecule has 0 saturated carbocycles. The smallest absolute Gasteiger partial charge is 0.337 e. The van der Waals surface area contributed by atoms with Crippen LogP contribution in [0.3, 0.4) is 0 Å². The summed E-state index contributed by atoms with van der Waals surface area (Å²) in [5.74, 6) is -0.429. The highest BCUT2D eigenvalue weighted by atomic mass is 79.9. The van der Waals surface area contributed by atoms with Crippen LogP contribution in [0, 0.1) is 0 Å². The second-order valence-electron chi connectivity index (χ2n) is 5.21. The van der Waals surface area contributed by atoms with Crippen LogP contribution in [0.1, 0.15) is 30.1 Å². The molecule has 1 fully saturated rings. The standard InChI is InChI=1S/C16H20BrNO4/c1-11(17)15(19)18(13-6-8-22-9-7-13)14-5-3-4-12(10-14)16(20)21-2/h3-5,10-11,13H,6-9H2,1-2H3. The van der Waals surface area contributed by atoms with E-state index in [0.717, 1.165) is 12.8 Å². The maximum absolute atomic E-state index is 12.6. The number of hydrogen-bond acceptors (Lipinski definition) is 4. The fourth-order valence-corrected chi connectivity index (χ4v) is 2.77. The minimum atomic E-state index is -0.409. The fourth-order valence-electron chi connectivity index (χ4n) is 2.55. The van der Waals surface area contributed by atoms with Gasteiger partial charge in [-0.2, -0.15) is 0 Å². The van der Waals surface area contributed by atoms with E-state index in [0.29, 0.717) is 24.5 Å². The van der Waals surface area contributed by atoms with Crippen LogP contribution in [-0.4, -0.2) is 43.1 Å². The number of benzene rings is 1. The Morgan fingerprint density at radius 2 is 2.05 bits per heavy atom. The van der Waals surface area contributed by atoms with Crippen LogP contribution in [0.4, 0.5) is 5.69 Å². The molecule has 0 spiro atoms. The van der Waals surface area contributed by atoms with Crippen molar-refractivity contribution in [2.45, 2.75) is 30.6 Å². The molecule has 1 aromatic carbocycles. The maximum atomic E-state index is 12.6. The van der Waals surface area contributed by atoms with Crippen molar-refractivity contribution in [3.8, 4) is 0 Å². The van der Waals surface area contributed by atoms with Crippen molar-refractivity contribution >= 4 is 33.5 Å². The van der Waals surface area contributed by atoms with Gasteiger partial charge in [-0.05, 0) is 38.0 Å². The topological polar surface area (TPSA) is 55.8 Å². The molecular formula is C16H20BrNO4. The molecule has 0 aromatic heterocycles. The summed E-state index contributed by atoms with van der Waals surface area (Å²) < 4.78 is 10.1. The number of alkyl halides is 1. The zero-order chi connectivity index (χ0) is 16.1. The largest absolute Gasteiger partial charge is 0.465 e. The molecule has 1 aliphatic rings. The minimum absolute atomic E-state index is 0.0195. The van der Waals surface area contributed by atoms with Crippen LogP contribution in [0.5, 0.6) is 0 Å². The van der Waals surface area contributed by atoms with E-state index in [1.807, 2.05) is 6.07 Å². The van der Waals surface area contributed by atoms with Gasteiger partial charge >= 0.3 is 5.97 Å². The lowest BCUT2D eigenvalue weighted by atomic mass is 10.0. The quantitative estimate of drug-likeness (QED) is 0.604. The summed E-state index contributed by atoms with van der Waals surface area (Å²) in [6.07, 6.45) is 1.57. The molecule has 5 nitrogen and oxygen atoms in total. The molecule has 22 heavy (non-hydrogen) atoms. The number of rotatable bonds is 4. The van der Waals surface area contributed by atoms with Crippen molar-refractivity contribution in [2.75, 3.05) is 25.2 Å². The van der Waals surface area contributed by atoms with E-state index >= 15 is 0 Å². The number of halogens is 1. The SMILES string of the molecule is COC(=O)c1cccc(N(C(=O)C(C)Br)C2CCOCC2)c1. The molecule has 1 saturated heterocycles. The van der Waals surface area contributed by atoms with E-state index in [2.05, 4.69) is 15.9 Å². The highest BCUT2D eigenvalue weighted by molar-refractivity contribution is 9.10. The van der Waals surface area contributed by atoms with Gasteiger partial charge in [0.25, 0.3) is 0 Å². The Kier molecular flexibility index (Phi) is 5.97. The van der Waals surface area contributed by atoms with Crippen molar-refractivity contribution in [2.24, 2.45) is 0 Å². The summed E-state index contributed by atoms with van der Waals surface area (Å²) in [7, 11) is 1.34. The molecule has 1 aliphatic heterocycles. The Morgan fingerprint density at radius 1 is 1.36 bits per heavy atom. The number of carbonyl (C=O) groups excluding carboxylic acids is 2. The molecule has 6 heteroatoms. The molecule has 2 rings (SSSR count). The predicted octanol–water partition coefficient (Wildman–Crippen LogP) is 2.77. The van der Waals surface area contributed by atoms with Crippen LogP contribution in [0.15, 0.2) is 24.3 Å². The molecule has 1 atom stereocenters. The summed E-state index contributed by atoms with van der Waals surface area (Å²) in [5.41, 5.74) is 1.15. The first-order valence-corrected chi connectivity index (χ1v) is 8.19. The summed E-state index contributed by atoms with van der Waals surface area (Å²) in [4.78, 5) is 25.8. The molecule has 0 radical (unpaired) electrons. The minimum Gasteiger partial charge on any atom is -0.465 e. The molecule has 0 N–H and O–H groups in total. The number of hydrogen-bond donors (Lipinski definition) is 0. The van der Waals surface area contributed by atoms with Gasteiger partial charge < -0.3 is 14.4 Å². The number of ether oxygens (including phenoxy) is 2. The summed E-state index contributed by atoms with van der Waals surface area (Å²) in [6, 6.07) is 7.07. The molecule has 1 amide bonds. The van der Waals surface area contributed by atoms with Crippen molar-refractivity contribution in [1.82, 2.24) is 0 Å². The maximum Gasteiger partial charge on any atom is 0.337 e. The Bertz CT molecular complexity index is 541. The Labute approximate surface area is 138 Å². The molecule has 1 heterocycles. The van der Waals surface area contributed by atoms with Gasteiger partial charge in [0.15, 0.2) is 0 Å². The lowest BCUT2D eigenvalue weighted by Gasteiger charge is -2.35. The first-order valence-electron chi connectivity index (χ1n) is 7.28. The number of nitrogens with zero attached hydrogens (tertiary/aromatic N) is 1. The normalized spacial score (nSPS) is 16.9. The van der Waals surface area contributed by atoms with Gasteiger partial charge in [0.05, 0.1) is 17.5 Å². The van der Waals surface area contributed by atoms with Crippen LogP contribution < -0.4 is 4.90 Å². The van der Waals surface area contributed by atoms with Gasteiger partial charge in [-0.15, -0.1) is 0 Å². The summed E-state index contributed by atoms with van der Waals surface area (Å²) >= 11 is 3.35. The summed E-state index contributed by atoms with van der Waals surface area (Å²) in [5, 5.41) is 0. The van der Waals surface area contributed by atoms with Gasteiger partial charge in [0, 0.05) is 24.9 Å². The zero-order valence-electron chi connectivity index (χ0n) is 12.8. The number of methoxy groups -OCH3 is 1. The second kappa shape index (κ2) is 7.74. The summed E-state index contributed by atoms with van der Waals surface area (Å²) in [6.45, 7) is 3.09. The number of carbonyl (C=O) groups is 2. The molecule has 0 bridgehead atoms. The third kappa shape index (κ3) is 3.87. The first kappa shape index (κ1) is 17.0. The third-order valence-corrected chi connectivity index (χ3v) is 4.07. The van der Waals surface area contributed by atoms with Gasteiger partial charge in [-0.3, -0.25) is 4.79 Å². The lowest BCUT2D eigenvalue weighted by molar-refractivity contribution is -0.118. The van der Waals surface area contributed by atoms with Crippen LogP contribution in [0.25, 0.3) is 0 Å². The average molecular weight is 370 g/mol. The van der Waals surface area contributed by atoms with Crippen LogP contribution in [0.2, 0.25) is 0 Å². The molecular weight excluding hydrogens is 350 g/mol. The second-order valence-corrected chi connectivity index (χ2v) is 6.58. The molecule has 1 unspecified atom stereocenters. The Balaban J connectivity index is 2.35. The van der Waals surface area contributed by atoms with Crippen molar-refractivity contribution in [3.63, 3.8) is 0 Å². The van der Waals surface area contributed by atoms with Gasteiger partial charge in [0.2, 0.25) is 5.91 Å². The van der Waals surface area contributed by atoms with E-state index in [1.54, 1.807) is 30.0 Å². The van der Waals surface area contributed by atoms with Gasteiger partial charge in [-0.25, -0.2) is 4.79 Å². The molecule has 1 aromatic rings.